The Morgan fingerprint density at radius 2 is 1.77 bits per heavy atom. The summed E-state index contributed by atoms with van der Waals surface area (Å²) >= 11 is 0. The van der Waals surface area contributed by atoms with Crippen molar-refractivity contribution in [2.45, 2.75) is 33.2 Å². The monoisotopic (exact) mass is 203 g/mol. The Bertz CT molecular complexity index is 163. The third-order valence-electron chi connectivity index (χ3n) is 1.52. The zero-order valence-corrected chi connectivity index (χ0v) is 9.50. The van der Waals surface area contributed by atoms with Crippen LogP contribution in [0.4, 0.5) is 0 Å². The molecule has 0 aliphatic rings. The normalized spacial score (nSPS) is 11.0. The number of isocyanates is 1. The lowest BCUT2D eigenvalue weighted by atomic mass is 10.6. The molecule has 0 heterocycles. The van der Waals surface area contributed by atoms with Gasteiger partial charge in [-0.1, -0.05) is 13.3 Å². The maximum atomic E-state index is 10.2. The molecule has 0 aliphatic heterocycles. The van der Waals surface area contributed by atoms with Crippen LogP contribution in [0, 0.1) is 0 Å². The van der Waals surface area contributed by atoms with Crippen molar-refractivity contribution in [3.63, 3.8) is 0 Å². The first kappa shape index (κ1) is 12.5. The minimum Gasteiger partial charge on any atom is -0.377 e. The molecule has 5 heteroatoms. The highest BCUT2D eigenvalue weighted by atomic mass is 28.4. The highest BCUT2D eigenvalue weighted by Gasteiger charge is 2.37. The Morgan fingerprint density at radius 3 is 2.08 bits per heavy atom. The molecule has 13 heavy (non-hydrogen) atoms. The van der Waals surface area contributed by atoms with Gasteiger partial charge in [-0.05, 0) is 13.8 Å². The lowest BCUT2D eigenvalue weighted by molar-refractivity contribution is 0.184. The molecule has 0 bridgehead atoms. The molecule has 0 amide bonds. The van der Waals surface area contributed by atoms with E-state index in [2.05, 4.69) is 4.66 Å². The Labute approximate surface area is 80.3 Å². The summed E-state index contributed by atoms with van der Waals surface area (Å²) in [6, 6.07) is 0.712. The van der Waals surface area contributed by atoms with Gasteiger partial charge in [0.1, 0.15) is 0 Å². The maximum absolute atomic E-state index is 10.2. The molecule has 0 atom stereocenters. The number of rotatable bonds is 7. The van der Waals surface area contributed by atoms with Crippen LogP contribution in [0.3, 0.4) is 0 Å². The van der Waals surface area contributed by atoms with E-state index in [9.17, 15) is 4.79 Å². The molecule has 0 N–H and O–H groups in total. The molecular formula is C8H17NO3Si. The van der Waals surface area contributed by atoms with Crippen LogP contribution in [-0.2, 0) is 13.6 Å². The lowest BCUT2D eigenvalue weighted by Crippen LogP contribution is -2.40. The fourth-order valence-electron chi connectivity index (χ4n) is 1.14. The van der Waals surface area contributed by atoms with E-state index in [0.29, 0.717) is 19.3 Å². The molecule has 0 saturated carbocycles. The smallest absolute Gasteiger partial charge is 0.377 e. The maximum Gasteiger partial charge on any atom is 0.488 e. The lowest BCUT2D eigenvalue weighted by Gasteiger charge is -2.22. The van der Waals surface area contributed by atoms with Gasteiger partial charge in [0.15, 0.2) is 0 Å². The van der Waals surface area contributed by atoms with E-state index < -0.39 is 8.72 Å². The highest BCUT2D eigenvalue weighted by Crippen LogP contribution is 2.16. The van der Waals surface area contributed by atoms with E-state index in [1.165, 1.54) is 0 Å². The Kier molecular flexibility index (Phi) is 6.71. The molecule has 4 nitrogen and oxygen atoms in total. The first-order valence-electron chi connectivity index (χ1n) is 4.61. The molecule has 0 unspecified atom stereocenters. The predicted molar refractivity (Wildman–Crippen MR) is 52.2 cm³/mol. The summed E-state index contributed by atoms with van der Waals surface area (Å²) in [5, 5.41) is 0. The van der Waals surface area contributed by atoms with Crippen LogP contribution >= 0.6 is 0 Å². The van der Waals surface area contributed by atoms with Crippen molar-refractivity contribution in [1.82, 2.24) is 0 Å². The van der Waals surface area contributed by atoms with Crippen LogP contribution in [0.2, 0.25) is 6.04 Å². The van der Waals surface area contributed by atoms with Crippen molar-refractivity contribution in [1.29, 1.82) is 0 Å². The van der Waals surface area contributed by atoms with Gasteiger partial charge in [-0.3, -0.25) is 0 Å². The molecule has 0 aromatic heterocycles. The summed E-state index contributed by atoms with van der Waals surface area (Å²) in [6.07, 6.45) is 2.45. The zero-order chi connectivity index (χ0) is 10.2. The first-order valence-corrected chi connectivity index (χ1v) is 6.58. The predicted octanol–water partition coefficient (Wildman–Crippen LogP) is 1.74. The topological polar surface area (TPSA) is 47.9 Å². The van der Waals surface area contributed by atoms with Crippen LogP contribution in [0.1, 0.15) is 27.2 Å². The van der Waals surface area contributed by atoms with Gasteiger partial charge in [0, 0.05) is 19.3 Å². The van der Waals surface area contributed by atoms with Gasteiger partial charge in [0.25, 0.3) is 0 Å². The average molecular weight is 203 g/mol. The van der Waals surface area contributed by atoms with Crippen molar-refractivity contribution >= 4 is 14.8 Å². The van der Waals surface area contributed by atoms with Gasteiger partial charge in [-0.2, -0.15) is 4.66 Å². The average Bonchev–Trinajstić information content (AvgIpc) is 2.06. The second-order valence-electron chi connectivity index (χ2n) is 2.53. The van der Waals surface area contributed by atoms with E-state index in [-0.39, 0.29) is 0 Å². The quantitative estimate of drug-likeness (QED) is 0.360. The summed E-state index contributed by atoms with van der Waals surface area (Å²) < 4.78 is 14.6. The van der Waals surface area contributed by atoms with Gasteiger partial charge in [-0.15, -0.1) is 0 Å². The van der Waals surface area contributed by atoms with E-state index in [4.69, 9.17) is 8.85 Å². The third-order valence-corrected chi connectivity index (χ3v) is 4.56. The molecule has 76 valence electrons. The van der Waals surface area contributed by atoms with Crippen LogP contribution in [-0.4, -0.2) is 28.0 Å². The van der Waals surface area contributed by atoms with Gasteiger partial charge in [-0.25, -0.2) is 4.79 Å². The van der Waals surface area contributed by atoms with Crippen LogP contribution < -0.4 is 0 Å². The van der Waals surface area contributed by atoms with E-state index in [1.807, 2.05) is 20.8 Å². The molecule has 0 saturated heterocycles. The Hall–Kier alpha value is -0.483. The molecule has 0 radical (unpaired) electrons. The standard InChI is InChI=1S/C8H17NO3Si/c1-4-7-13(9-8-10,11-5-2)12-6-3/h4-7H2,1-3H3. The minimum absolute atomic E-state index is 0.525. The van der Waals surface area contributed by atoms with Crippen LogP contribution in [0.15, 0.2) is 4.66 Å². The van der Waals surface area contributed by atoms with E-state index >= 15 is 0 Å². The first-order chi connectivity index (χ1) is 6.24. The Morgan fingerprint density at radius 1 is 1.23 bits per heavy atom. The number of hydrogen-bond donors (Lipinski definition) is 0. The highest BCUT2D eigenvalue weighted by molar-refractivity contribution is 6.66. The van der Waals surface area contributed by atoms with Gasteiger partial charge in [0.05, 0.1) is 0 Å². The van der Waals surface area contributed by atoms with Crippen LogP contribution in [0.25, 0.3) is 0 Å². The molecule has 0 fully saturated rings. The van der Waals surface area contributed by atoms with Gasteiger partial charge in [0.2, 0.25) is 6.08 Å². The molecule has 0 aromatic rings. The van der Waals surface area contributed by atoms with Crippen molar-refractivity contribution in [2.24, 2.45) is 4.66 Å². The SMILES string of the molecule is CCC[Si](N=C=O)(OCC)OCC. The summed E-state index contributed by atoms with van der Waals surface area (Å²) in [7, 11) is -2.59. The van der Waals surface area contributed by atoms with Crippen molar-refractivity contribution in [2.75, 3.05) is 13.2 Å². The molecule has 0 aromatic carbocycles. The zero-order valence-electron chi connectivity index (χ0n) is 8.50. The number of carbonyl (C=O) groups excluding carboxylic acids is 1. The minimum atomic E-state index is -2.59. The summed E-state index contributed by atoms with van der Waals surface area (Å²) in [6.45, 7) is 6.81. The van der Waals surface area contributed by atoms with Crippen molar-refractivity contribution < 1.29 is 13.6 Å². The fraction of sp³-hybridized carbons (Fsp3) is 0.875. The Balaban J connectivity index is 4.46. The fourth-order valence-corrected chi connectivity index (χ4v) is 3.43. The van der Waals surface area contributed by atoms with E-state index in [1.54, 1.807) is 6.08 Å². The van der Waals surface area contributed by atoms with Crippen LogP contribution in [0.5, 0.6) is 0 Å². The molecule has 0 rings (SSSR count). The van der Waals surface area contributed by atoms with Crippen molar-refractivity contribution in [3.8, 4) is 0 Å². The number of nitrogens with zero attached hydrogens (tertiary/aromatic N) is 1. The molecule has 0 spiro atoms. The van der Waals surface area contributed by atoms with E-state index in [0.717, 1.165) is 6.42 Å². The summed E-state index contributed by atoms with van der Waals surface area (Å²) in [4.78, 5) is 10.2. The second-order valence-corrected chi connectivity index (χ2v) is 5.26. The third kappa shape index (κ3) is 4.33. The largest absolute Gasteiger partial charge is 0.488 e. The number of hydrogen-bond acceptors (Lipinski definition) is 4. The summed E-state index contributed by atoms with van der Waals surface area (Å²) in [5.74, 6) is 0. The van der Waals surface area contributed by atoms with Gasteiger partial charge >= 0.3 is 8.72 Å². The molecule has 0 aliphatic carbocycles. The second kappa shape index (κ2) is 6.97. The van der Waals surface area contributed by atoms with Gasteiger partial charge < -0.3 is 8.85 Å². The van der Waals surface area contributed by atoms with Crippen molar-refractivity contribution in [3.05, 3.63) is 0 Å². The summed E-state index contributed by atoms with van der Waals surface area (Å²) in [5.41, 5.74) is 0. The molecular weight excluding hydrogens is 186 g/mol.